The summed E-state index contributed by atoms with van der Waals surface area (Å²) in [6.45, 7) is 0. The molecule has 0 unspecified atom stereocenters. The monoisotopic (exact) mass is 379 g/mol. The number of carbonyl (C=O) groups excluding carboxylic acids is 1. The Morgan fingerprint density at radius 3 is 2.93 bits per heavy atom. The van der Waals surface area contributed by atoms with E-state index in [1.165, 1.54) is 0 Å². The molecular weight excluding hydrogens is 358 g/mol. The molecular formula is C21H21N3O2S. The number of imidazole rings is 1. The van der Waals surface area contributed by atoms with Crippen molar-refractivity contribution in [1.29, 1.82) is 0 Å². The van der Waals surface area contributed by atoms with Crippen molar-refractivity contribution in [3.63, 3.8) is 0 Å². The summed E-state index contributed by atoms with van der Waals surface area (Å²) in [6, 6.07) is 13.9. The minimum Gasteiger partial charge on any atom is -0.373 e. The average Bonchev–Trinajstić information content (AvgIpc) is 3.41. The van der Waals surface area contributed by atoms with Crippen molar-refractivity contribution in [2.45, 2.75) is 48.2 Å². The molecule has 0 saturated carbocycles. The van der Waals surface area contributed by atoms with Crippen LogP contribution in [0, 0.1) is 0 Å². The standard InChI is InChI=1S/C21H21N3O2S/c25-21(23-17-11-15-8-9-18(17)26-15)16-5-1-2-6-19(16)27-13-14-12-24-10-4-3-7-20(24)22-14/h1-7,10,12,15,17-18H,8-9,11,13H2,(H,23,25)/t15-,17-,18+/m1/s1. The summed E-state index contributed by atoms with van der Waals surface area (Å²) < 4.78 is 7.87. The Kier molecular flexibility index (Phi) is 4.38. The number of ether oxygens (including phenoxy) is 1. The number of pyridine rings is 1. The first kappa shape index (κ1) is 16.8. The Hall–Kier alpha value is -2.31. The van der Waals surface area contributed by atoms with Gasteiger partial charge in [-0.3, -0.25) is 4.79 Å². The lowest BCUT2D eigenvalue weighted by atomic mass is 9.95. The third kappa shape index (κ3) is 3.35. The Bertz CT molecular complexity index is 953. The van der Waals surface area contributed by atoms with E-state index in [9.17, 15) is 4.79 Å². The van der Waals surface area contributed by atoms with Gasteiger partial charge in [0.15, 0.2) is 0 Å². The normalized spacial score (nSPS) is 23.8. The summed E-state index contributed by atoms with van der Waals surface area (Å²) >= 11 is 1.65. The van der Waals surface area contributed by atoms with Crippen LogP contribution in [0.15, 0.2) is 59.8 Å². The molecule has 138 valence electrons. The second-order valence-electron chi connectivity index (χ2n) is 7.17. The third-order valence-corrected chi connectivity index (χ3v) is 6.45. The van der Waals surface area contributed by atoms with Gasteiger partial charge in [0.25, 0.3) is 5.91 Å². The maximum Gasteiger partial charge on any atom is 0.252 e. The van der Waals surface area contributed by atoms with Crippen LogP contribution in [0.2, 0.25) is 0 Å². The van der Waals surface area contributed by atoms with Gasteiger partial charge in [-0.1, -0.05) is 18.2 Å². The predicted octanol–water partition coefficient (Wildman–Crippen LogP) is 3.68. The van der Waals surface area contributed by atoms with Crippen LogP contribution >= 0.6 is 11.8 Å². The zero-order valence-electron chi connectivity index (χ0n) is 14.9. The van der Waals surface area contributed by atoms with Crippen LogP contribution in [0.3, 0.4) is 0 Å². The number of hydrogen-bond donors (Lipinski definition) is 1. The van der Waals surface area contributed by atoms with E-state index in [2.05, 4.69) is 10.3 Å². The molecule has 2 saturated heterocycles. The molecule has 2 aliphatic rings. The highest BCUT2D eigenvalue weighted by Gasteiger charge is 2.41. The van der Waals surface area contributed by atoms with Crippen LogP contribution in [0.4, 0.5) is 0 Å². The fraction of sp³-hybridized carbons (Fsp3) is 0.333. The third-order valence-electron chi connectivity index (χ3n) is 5.34. The van der Waals surface area contributed by atoms with E-state index >= 15 is 0 Å². The van der Waals surface area contributed by atoms with E-state index < -0.39 is 0 Å². The zero-order valence-corrected chi connectivity index (χ0v) is 15.7. The van der Waals surface area contributed by atoms with Crippen LogP contribution < -0.4 is 5.32 Å². The number of hydrogen-bond acceptors (Lipinski definition) is 4. The zero-order chi connectivity index (χ0) is 18.2. The van der Waals surface area contributed by atoms with Gasteiger partial charge in [0.2, 0.25) is 0 Å². The molecule has 0 radical (unpaired) electrons. The fourth-order valence-electron chi connectivity index (χ4n) is 4.02. The molecule has 1 amide bonds. The molecule has 2 aliphatic heterocycles. The number of amides is 1. The predicted molar refractivity (Wildman–Crippen MR) is 105 cm³/mol. The highest BCUT2D eigenvalue weighted by Crippen LogP contribution is 2.35. The largest absolute Gasteiger partial charge is 0.373 e. The van der Waals surface area contributed by atoms with Crippen molar-refractivity contribution in [1.82, 2.24) is 14.7 Å². The Labute approximate surface area is 162 Å². The van der Waals surface area contributed by atoms with Gasteiger partial charge in [-0.15, -0.1) is 11.8 Å². The summed E-state index contributed by atoms with van der Waals surface area (Å²) in [5.41, 5.74) is 2.67. The molecule has 1 aromatic carbocycles. The minimum atomic E-state index is -0.00532. The van der Waals surface area contributed by atoms with E-state index in [1.807, 2.05) is 59.3 Å². The van der Waals surface area contributed by atoms with Crippen molar-refractivity contribution in [2.24, 2.45) is 0 Å². The Morgan fingerprint density at radius 2 is 2.11 bits per heavy atom. The molecule has 5 rings (SSSR count). The molecule has 2 fully saturated rings. The molecule has 3 atom stereocenters. The molecule has 4 heterocycles. The lowest BCUT2D eigenvalue weighted by Crippen LogP contribution is -2.41. The molecule has 5 nitrogen and oxygen atoms in total. The van der Waals surface area contributed by atoms with Gasteiger partial charge in [-0.2, -0.15) is 0 Å². The Morgan fingerprint density at radius 1 is 1.22 bits per heavy atom. The first-order valence-electron chi connectivity index (χ1n) is 9.37. The molecule has 2 bridgehead atoms. The van der Waals surface area contributed by atoms with Crippen molar-refractivity contribution in [3.05, 3.63) is 66.1 Å². The summed E-state index contributed by atoms with van der Waals surface area (Å²) in [6.07, 6.45) is 7.68. The second-order valence-corrected chi connectivity index (χ2v) is 8.19. The molecule has 0 aliphatic carbocycles. The van der Waals surface area contributed by atoms with Gasteiger partial charge in [0.1, 0.15) is 5.65 Å². The van der Waals surface area contributed by atoms with Crippen molar-refractivity contribution in [3.8, 4) is 0 Å². The first-order chi connectivity index (χ1) is 13.3. The number of fused-ring (bicyclic) bond motifs is 3. The van der Waals surface area contributed by atoms with Crippen LogP contribution in [0.1, 0.15) is 35.3 Å². The van der Waals surface area contributed by atoms with Gasteiger partial charge < -0.3 is 14.5 Å². The van der Waals surface area contributed by atoms with E-state index in [0.717, 1.165) is 46.8 Å². The quantitative estimate of drug-likeness (QED) is 0.687. The summed E-state index contributed by atoms with van der Waals surface area (Å²) in [5, 5.41) is 3.19. The van der Waals surface area contributed by atoms with E-state index in [-0.39, 0.29) is 18.1 Å². The van der Waals surface area contributed by atoms with Gasteiger partial charge >= 0.3 is 0 Å². The number of nitrogens with zero attached hydrogens (tertiary/aromatic N) is 2. The number of benzene rings is 1. The van der Waals surface area contributed by atoms with Crippen LogP contribution in [0.5, 0.6) is 0 Å². The maximum absolute atomic E-state index is 12.9. The van der Waals surface area contributed by atoms with E-state index in [1.54, 1.807) is 11.8 Å². The fourth-order valence-corrected chi connectivity index (χ4v) is 4.96. The molecule has 1 N–H and O–H groups in total. The maximum atomic E-state index is 12.9. The molecule has 27 heavy (non-hydrogen) atoms. The van der Waals surface area contributed by atoms with E-state index in [0.29, 0.717) is 6.10 Å². The Balaban J connectivity index is 1.29. The molecule has 6 heteroatoms. The lowest BCUT2D eigenvalue weighted by Gasteiger charge is -2.20. The second kappa shape index (κ2) is 7.02. The number of thioether (sulfide) groups is 1. The van der Waals surface area contributed by atoms with Crippen molar-refractivity contribution >= 4 is 23.3 Å². The smallest absolute Gasteiger partial charge is 0.252 e. The lowest BCUT2D eigenvalue weighted by molar-refractivity contribution is 0.0839. The van der Waals surface area contributed by atoms with E-state index in [4.69, 9.17) is 4.74 Å². The number of carbonyl (C=O) groups is 1. The van der Waals surface area contributed by atoms with Gasteiger partial charge in [-0.05, 0) is 43.5 Å². The number of aromatic nitrogens is 2. The minimum absolute atomic E-state index is 0.00532. The highest BCUT2D eigenvalue weighted by molar-refractivity contribution is 7.98. The van der Waals surface area contributed by atoms with Crippen LogP contribution in [0.25, 0.3) is 5.65 Å². The van der Waals surface area contributed by atoms with Crippen LogP contribution in [-0.2, 0) is 10.5 Å². The number of nitrogens with one attached hydrogen (secondary N) is 1. The van der Waals surface area contributed by atoms with Gasteiger partial charge in [0, 0.05) is 23.0 Å². The van der Waals surface area contributed by atoms with Crippen molar-refractivity contribution < 1.29 is 9.53 Å². The van der Waals surface area contributed by atoms with Crippen molar-refractivity contribution in [2.75, 3.05) is 0 Å². The highest BCUT2D eigenvalue weighted by atomic mass is 32.2. The summed E-state index contributed by atoms with van der Waals surface area (Å²) in [7, 11) is 0. The van der Waals surface area contributed by atoms with Gasteiger partial charge in [-0.25, -0.2) is 4.98 Å². The van der Waals surface area contributed by atoms with Crippen LogP contribution in [-0.4, -0.2) is 33.5 Å². The SMILES string of the molecule is O=C(N[C@@H]1C[C@H]2CC[C@@H]1O2)c1ccccc1SCc1cn2ccccc2n1. The molecule has 3 aromatic rings. The first-order valence-corrected chi connectivity index (χ1v) is 10.4. The topological polar surface area (TPSA) is 55.6 Å². The summed E-state index contributed by atoms with van der Waals surface area (Å²) in [5.74, 6) is 0.720. The molecule has 0 spiro atoms. The molecule has 2 aromatic heterocycles. The summed E-state index contributed by atoms with van der Waals surface area (Å²) in [4.78, 5) is 18.5. The number of rotatable bonds is 5. The average molecular weight is 379 g/mol. The van der Waals surface area contributed by atoms with Gasteiger partial charge in [0.05, 0.1) is 29.5 Å².